The van der Waals surface area contributed by atoms with Gasteiger partial charge in [-0.25, -0.2) is 17.9 Å². The molecule has 0 spiro atoms. The number of hydrogen-bond donors (Lipinski definition) is 1. The van der Waals surface area contributed by atoms with Crippen LogP contribution in [0.1, 0.15) is 26.4 Å². The monoisotopic (exact) mass is 412 g/mol. The first kappa shape index (κ1) is 19.8. The summed E-state index contributed by atoms with van der Waals surface area (Å²) in [5.41, 5.74) is 1.12. The number of benzene rings is 2. The Morgan fingerprint density at radius 2 is 1.93 bits per heavy atom. The number of ether oxygens (including phenoxy) is 1. The molecule has 8 heteroatoms. The number of carbonyl (C=O) groups excluding carboxylic acids is 1. The molecule has 142 valence electrons. The maximum atomic E-state index is 12.5. The Kier molecular flexibility index (Phi) is 6.21. The van der Waals surface area contributed by atoms with Crippen LogP contribution >= 0.6 is 11.3 Å². The predicted octanol–water partition coefficient (Wildman–Crippen LogP) is 3.46. The molecule has 3 aromatic rings. The SMILES string of the molecule is N#Cc1ccccc1COC(=O)c1cccc(S(=O)(=O)NCc2cccs2)c1. The van der Waals surface area contributed by atoms with Crippen LogP contribution in [0.25, 0.3) is 0 Å². The number of carbonyl (C=O) groups is 1. The molecule has 3 rings (SSSR count). The van der Waals surface area contributed by atoms with Gasteiger partial charge in [0.2, 0.25) is 10.0 Å². The van der Waals surface area contributed by atoms with Gasteiger partial charge < -0.3 is 4.74 Å². The van der Waals surface area contributed by atoms with Crippen molar-refractivity contribution in [2.75, 3.05) is 0 Å². The summed E-state index contributed by atoms with van der Waals surface area (Å²) in [5.74, 6) is -0.664. The molecule has 1 heterocycles. The lowest BCUT2D eigenvalue weighted by molar-refractivity contribution is 0.0472. The molecule has 6 nitrogen and oxygen atoms in total. The van der Waals surface area contributed by atoms with E-state index in [-0.39, 0.29) is 23.6 Å². The lowest BCUT2D eigenvalue weighted by atomic mass is 10.1. The average molecular weight is 412 g/mol. The summed E-state index contributed by atoms with van der Waals surface area (Å²) in [7, 11) is -3.76. The van der Waals surface area contributed by atoms with E-state index in [1.165, 1.54) is 35.6 Å². The van der Waals surface area contributed by atoms with Crippen LogP contribution in [0.15, 0.2) is 70.9 Å². The van der Waals surface area contributed by atoms with Crippen molar-refractivity contribution in [1.82, 2.24) is 4.72 Å². The van der Waals surface area contributed by atoms with E-state index < -0.39 is 16.0 Å². The molecule has 0 amide bonds. The van der Waals surface area contributed by atoms with E-state index >= 15 is 0 Å². The maximum absolute atomic E-state index is 12.5. The molecule has 1 N–H and O–H groups in total. The average Bonchev–Trinajstić information content (AvgIpc) is 3.24. The van der Waals surface area contributed by atoms with E-state index in [9.17, 15) is 13.2 Å². The standard InChI is InChI=1S/C20H16N2O4S2/c21-12-16-5-1-2-6-17(16)14-26-20(23)15-7-3-9-19(11-15)28(24,25)22-13-18-8-4-10-27-18/h1-11,22H,13-14H2. The summed E-state index contributed by atoms with van der Waals surface area (Å²) in [5, 5.41) is 10.9. The Hall–Kier alpha value is -2.99. The minimum absolute atomic E-state index is 0.0177. The lowest BCUT2D eigenvalue weighted by Crippen LogP contribution is -2.23. The second-order valence-electron chi connectivity index (χ2n) is 5.78. The molecule has 0 fully saturated rings. The van der Waals surface area contributed by atoms with Gasteiger partial charge in [0.05, 0.1) is 22.1 Å². The second kappa shape index (κ2) is 8.80. The third-order valence-electron chi connectivity index (χ3n) is 3.89. The molecule has 0 bridgehead atoms. The highest BCUT2D eigenvalue weighted by atomic mass is 32.2. The molecule has 28 heavy (non-hydrogen) atoms. The summed E-state index contributed by atoms with van der Waals surface area (Å²) in [4.78, 5) is 13.2. The van der Waals surface area contributed by atoms with Gasteiger partial charge in [-0.1, -0.05) is 30.3 Å². The van der Waals surface area contributed by atoms with Crippen molar-refractivity contribution < 1.29 is 17.9 Å². The summed E-state index contributed by atoms with van der Waals surface area (Å²) >= 11 is 1.45. The van der Waals surface area contributed by atoms with Crippen molar-refractivity contribution in [2.45, 2.75) is 18.0 Å². The van der Waals surface area contributed by atoms with Crippen LogP contribution in [0.4, 0.5) is 0 Å². The van der Waals surface area contributed by atoms with E-state index in [0.29, 0.717) is 11.1 Å². The molecule has 2 aromatic carbocycles. The smallest absolute Gasteiger partial charge is 0.338 e. The molecule has 0 saturated carbocycles. The highest BCUT2D eigenvalue weighted by Crippen LogP contribution is 2.16. The normalized spacial score (nSPS) is 11.0. The van der Waals surface area contributed by atoms with Gasteiger partial charge in [0, 0.05) is 17.0 Å². The van der Waals surface area contributed by atoms with Gasteiger partial charge in [0.25, 0.3) is 0 Å². The highest BCUT2D eigenvalue weighted by molar-refractivity contribution is 7.89. The molecule has 0 unspecified atom stereocenters. The summed E-state index contributed by atoms with van der Waals surface area (Å²) < 4.78 is 32.7. The number of hydrogen-bond acceptors (Lipinski definition) is 6. The van der Waals surface area contributed by atoms with Crippen LogP contribution in [-0.4, -0.2) is 14.4 Å². The molecule has 1 aromatic heterocycles. The Bertz CT molecular complexity index is 1120. The lowest BCUT2D eigenvalue weighted by Gasteiger charge is -2.09. The number of nitrogens with one attached hydrogen (secondary N) is 1. The number of thiophene rings is 1. The fourth-order valence-electron chi connectivity index (χ4n) is 2.43. The van der Waals surface area contributed by atoms with Crippen LogP contribution < -0.4 is 4.72 Å². The Labute approximate surface area is 167 Å². The molecule has 0 aliphatic heterocycles. The van der Waals surface area contributed by atoms with Crippen LogP contribution in [0.3, 0.4) is 0 Å². The molecule has 0 radical (unpaired) electrons. The highest BCUT2D eigenvalue weighted by Gasteiger charge is 2.17. The number of rotatable bonds is 7. The molecule has 0 atom stereocenters. The molecule has 0 saturated heterocycles. The van der Waals surface area contributed by atoms with E-state index in [0.717, 1.165) is 4.88 Å². The van der Waals surface area contributed by atoms with Gasteiger partial charge >= 0.3 is 5.97 Å². The molecule has 0 aliphatic carbocycles. The number of nitriles is 1. The van der Waals surface area contributed by atoms with Gasteiger partial charge in [0.1, 0.15) is 6.61 Å². The second-order valence-corrected chi connectivity index (χ2v) is 8.58. The third kappa shape index (κ3) is 4.84. The zero-order valence-corrected chi connectivity index (χ0v) is 16.3. The van der Waals surface area contributed by atoms with E-state index in [1.54, 1.807) is 24.3 Å². The van der Waals surface area contributed by atoms with Gasteiger partial charge in [0.15, 0.2) is 0 Å². The molecule has 0 aliphatic rings. The van der Waals surface area contributed by atoms with E-state index in [4.69, 9.17) is 10.00 Å². The minimum Gasteiger partial charge on any atom is -0.457 e. The topological polar surface area (TPSA) is 96.3 Å². The van der Waals surface area contributed by atoms with Crippen molar-refractivity contribution in [3.63, 3.8) is 0 Å². The summed E-state index contributed by atoms with van der Waals surface area (Å²) in [6.45, 7) is 0.107. The van der Waals surface area contributed by atoms with Crippen LogP contribution in [0, 0.1) is 11.3 Å². The van der Waals surface area contributed by atoms with Gasteiger partial charge in [-0.05, 0) is 35.7 Å². The third-order valence-corrected chi connectivity index (χ3v) is 6.17. The van der Waals surface area contributed by atoms with Crippen LogP contribution in [0.2, 0.25) is 0 Å². The minimum atomic E-state index is -3.76. The number of sulfonamides is 1. The maximum Gasteiger partial charge on any atom is 0.338 e. The Morgan fingerprint density at radius 1 is 1.11 bits per heavy atom. The first-order valence-corrected chi connectivity index (χ1v) is 10.6. The van der Waals surface area contributed by atoms with Crippen LogP contribution in [0.5, 0.6) is 0 Å². The Morgan fingerprint density at radius 3 is 2.68 bits per heavy atom. The fraction of sp³-hybridized carbons (Fsp3) is 0.100. The van der Waals surface area contributed by atoms with Crippen molar-refractivity contribution in [2.24, 2.45) is 0 Å². The largest absolute Gasteiger partial charge is 0.457 e. The van der Waals surface area contributed by atoms with Gasteiger partial charge in [-0.3, -0.25) is 0 Å². The van der Waals surface area contributed by atoms with E-state index in [1.807, 2.05) is 23.6 Å². The van der Waals surface area contributed by atoms with Gasteiger partial charge in [-0.2, -0.15) is 5.26 Å². The van der Waals surface area contributed by atoms with Crippen molar-refractivity contribution in [1.29, 1.82) is 5.26 Å². The number of nitrogens with zero attached hydrogens (tertiary/aromatic N) is 1. The zero-order valence-electron chi connectivity index (χ0n) is 14.7. The van der Waals surface area contributed by atoms with Crippen molar-refractivity contribution >= 4 is 27.3 Å². The Balaban J connectivity index is 1.69. The molecular weight excluding hydrogens is 396 g/mol. The first-order valence-electron chi connectivity index (χ1n) is 8.27. The quantitative estimate of drug-likeness (QED) is 0.600. The zero-order chi connectivity index (χ0) is 20.0. The molecular formula is C20H16N2O4S2. The first-order chi connectivity index (χ1) is 13.5. The van der Waals surface area contributed by atoms with Crippen molar-refractivity contribution in [3.8, 4) is 6.07 Å². The van der Waals surface area contributed by atoms with Gasteiger partial charge in [-0.15, -0.1) is 11.3 Å². The van der Waals surface area contributed by atoms with Crippen LogP contribution in [-0.2, 0) is 27.9 Å². The number of esters is 1. The summed E-state index contributed by atoms with van der Waals surface area (Å²) in [6.07, 6.45) is 0. The fourth-order valence-corrected chi connectivity index (χ4v) is 4.22. The summed E-state index contributed by atoms with van der Waals surface area (Å²) in [6, 6.07) is 18.2. The van der Waals surface area contributed by atoms with E-state index in [2.05, 4.69) is 4.72 Å². The van der Waals surface area contributed by atoms with Crippen molar-refractivity contribution in [3.05, 3.63) is 87.6 Å². The predicted molar refractivity (Wildman–Crippen MR) is 105 cm³/mol.